The number of hydrogen-bond acceptors (Lipinski definition) is 3. The Labute approximate surface area is 94.3 Å². The fourth-order valence-electron chi connectivity index (χ4n) is 1.69. The average Bonchev–Trinajstić information content (AvgIpc) is 2.99. The molecule has 1 heterocycles. The molecular formula is C12H14N4. The van der Waals surface area contributed by atoms with Gasteiger partial charge < -0.3 is 5.32 Å². The van der Waals surface area contributed by atoms with Crippen LogP contribution in [0.2, 0.25) is 0 Å². The van der Waals surface area contributed by atoms with E-state index in [1.807, 2.05) is 16.7 Å². The van der Waals surface area contributed by atoms with Crippen LogP contribution in [0.1, 0.15) is 12.8 Å². The van der Waals surface area contributed by atoms with Crippen molar-refractivity contribution in [1.29, 1.82) is 0 Å². The van der Waals surface area contributed by atoms with Crippen molar-refractivity contribution in [3.63, 3.8) is 0 Å². The highest BCUT2D eigenvalue weighted by Crippen LogP contribution is 2.29. The molecule has 0 radical (unpaired) electrons. The van der Waals surface area contributed by atoms with Crippen LogP contribution in [0.5, 0.6) is 0 Å². The molecule has 1 aromatic heterocycles. The van der Waals surface area contributed by atoms with Crippen molar-refractivity contribution in [2.24, 2.45) is 5.92 Å². The van der Waals surface area contributed by atoms with E-state index < -0.39 is 0 Å². The van der Waals surface area contributed by atoms with Gasteiger partial charge >= 0.3 is 0 Å². The van der Waals surface area contributed by atoms with Gasteiger partial charge in [-0.05, 0) is 37.0 Å². The summed E-state index contributed by atoms with van der Waals surface area (Å²) in [5.74, 6) is 0.888. The number of hydrogen-bond donors (Lipinski definition) is 1. The van der Waals surface area contributed by atoms with Crippen molar-refractivity contribution in [3.8, 4) is 5.69 Å². The number of benzene rings is 1. The lowest BCUT2D eigenvalue weighted by Crippen LogP contribution is -2.03. The molecule has 0 atom stereocenters. The molecule has 4 nitrogen and oxygen atoms in total. The second kappa shape index (κ2) is 3.96. The van der Waals surface area contributed by atoms with E-state index in [4.69, 9.17) is 0 Å². The van der Waals surface area contributed by atoms with Gasteiger partial charge in [0.2, 0.25) is 0 Å². The summed E-state index contributed by atoms with van der Waals surface area (Å²) in [7, 11) is 0. The quantitative estimate of drug-likeness (QED) is 0.847. The second-order valence-corrected chi connectivity index (χ2v) is 4.24. The van der Waals surface area contributed by atoms with E-state index in [1.54, 1.807) is 12.7 Å². The summed E-state index contributed by atoms with van der Waals surface area (Å²) in [5, 5.41) is 11.1. The molecule has 0 saturated heterocycles. The lowest BCUT2D eigenvalue weighted by molar-refractivity contribution is 0.889. The Balaban J connectivity index is 1.76. The molecule has 1 aliphatic rings. The Hall–Kier alpha value is -1.84. The highest BCUT2D eigenvalue weighted by Gasteiger charge is 2.20. The second-order valence-electron chi connectivity index (χ2n) is 4.24. The molecular weight excluding hydrogens is 200 g/mol. The first-order valence-electron chi connectivity index (χ1n) is 5.61. The van der Waals surface area contributed by atoms with Crippen molar-refractivity contribution >= 4 is 5.69 Å². The standard InChI is InChI=1S/C12H14N4/c1-2-11(13-7-10-4-5-10)6-12(3-1)16-8-14-15-9-16/h1-3,6,8-10,13H,4-5,7H2. The van der Waals surface area contributed by atoms with Crippen molar-refractivity contribution in [2.45, 2.75) is 12.8 Å². The van der Waals surface area contributed by atoms with Gasteiger partial charge in [-0.3, -0.25) is 4.57 Å². The van der Waals surface area contributed by atoms with Gasteiger partial charge in [0.05, 0.1) is 5.69 Å². The lowest BCUT2D eigenvalue weighted by atomic mass is 10.2. The average molecular weight is 214 g/mol. The predicted octanol–water partition coefficient (Wildman–Crippen LogP) is 2.09. The number of nitrogens with zero attached hydrogens (tertiary/aromatic N) is 3. The Morgan fingerprint density at radius 3 is 2.81 bits per heavy atom. The van der Waals surface area contributed by atoms with Gasteiger partial charge in [-0.25, -0.2) is 0 Å². The van der Waals surface area contributed by atoms with E-state index in [9.17, 15) is 0 Å². The molecule has 3 rings (SSSR count). The third-order valence-corrected chi connectivity index (χ3v) is 2.85. The first kappa shape index (κ1) is 9.39. The van der Waals surface area contributed by atoms with Crippen LogP contribution in [0.3, 0.4) is 0 Å². The Morgan fingerprint density at radius 1 is 1.25 bits per heavy atom. The maximum atomic E-state index is 3.80. The Morgan fingerprint density at radius 2 is 2.06 bits per heavy atom. The van der Waals surface area contributed by atoms with E-state index in [0.29, 0.717) is 0 Å². The van der Waals surface area contributed by atoms with Gasteiger partial charge in [0.15, 0.2) is 0 Å². The first-order chi connectivity index (χ1) is 7.92. The number of aromatic nitrogens is 3. The predicted molar refractivity (Wildman–Crippen MR) is 62.6 cm³/mol. The van der Waals surface area contributed by atoms with Crippen molar-refractivity contribution in [2.75, 3.05) is 11.9 Å². The molecule has 0 unspecified atom stereocenters. The minimum atomic E-state index is 0.888. The first-order valence-corrected chi connectivity index (χ1v) is 5.61. The minimum absolute atomic E-state index is 0.888. The summed E-state index contributed by atoms with van der Waals surface area (Å²) in [6, 6.07) is 8.30. The van der Waals surface area contributed by atoms with Gasteiger partial charge in [-0.1, -0.05) is 6.07 Å². The fraction of sp³-hybridized carbons (Fsp3) is 0.333. The van der Waals surface area contributed by atoms with Crippen LogP contribution in [-0.2, 0) is 0 Å². The topological polar surface area (TPSA) is 42.7 Å². The number of rotatable bonds is 4. The van der Waals surface area contributed by atoms with Gasteiger partial charge in [0.25, 0.3) is 0 Å². The van der Waals surface area contributed by atoms with E-state index >= 15 is 0 Å². The molecule has 4 heteroatoms. The Kier molecular flexibility index (Phi) is 2.33. The maximum Gasteiger partial charge on any atom is 0.123 e. The third kappa shape index (κ3) is 2.05. The van der Waals surface area contributed by atoms with E-state index in [1.165, 1.54) is 12.8 Å². The van der Waals surface area contributed by atoms with E-state index in [2.05, 4.69) is 27.6 Å². The highest BCUT2D eigenvalue weighted by atomic mass is 15.2. The third-order valence-electron chi connectivity index (χ3n) is 2.85. The smallest absolute Gasteiger partial charge is 0.123 e. The zero-order valence-electron chi connectivity index (χ0n) is 9.00. The summed E-state index contributed by atoms with van der Waals surface area (Å²) in [6.45, 7) is 1.09. The molecule has 82 valence electrons. The molecule has 1 aliphatic carbocycles. The van der Waals surface area contributed by atoms with Gasteiger partial charge in [0.1, 0.15) is 12.7 Å². The van der Waals surface area contributed by atoms with Crippen LogP contribution in [0.25, 0.3) is 5.69 Å². The van der Waals surface area contributed by atoms with Crippen molar-refractivity contribution in [3.05, 3.63) is 36.9 Å². The summed E-state index contributed by atoms with van der Waals surface area (Å²) in [6.07, 6.45) is 6.16. The molecule has 2 aromatic rings. The number of anilines is 1. The van der Waals surface area contributed by atoms with E-state index in [0.717, 1.165) is 23.8 Å². The highest BCUT2D eigenvalue weighted by molar-refractivity contribution is 5.51. The zero-order valence-corrected chi connectivity index (χ0v) is 9.00. The zero-order chi connectivity index (χ0) is 10.8. The molecule has 1 N–H and O–H groups in total. The molecule has 0 bridgehead atoms. The normalized spacial score (nSPS) is 15.0. The monoisotopic (exact) mass is 214 g/mol. The van der Waals surface area contributed by atoms with Crippen LogP contribution in [0.15, 0.2) is 36.9 Å². The van der Waals surface area contributed by atoms with Crippen LogP contribution < -0.4 is 5.32 Å². The summed E-state index contributed by atoms with van der Waals surface area (Å²) < 4.78 is 1.91. The molecule has 16 heavy (non-hydrogen) atoms. The minimum Gasteiger partial charge on any atom is -0.385 e. The lowest BCUT2D eigenvalue weighted by Gasteiger charge is -2.07. The summed E-state index contributed by atoms with van der Waals surface area (Å²) >= 11 is 0. The van der Waals surface area contributed by atoms with Gasteiger partial charge in [0, 0.05) is 12.2 Å². The largest absolute Gasteiger partial charge is 0.385 e. The fourth-order valence-corrected chi connectivity index (χ4v) is 1.69. The van der Waals surface area contributed by atoms with Crippen molar-refractivity contribution < 1.29 is 0 Å². The van der Waals surface area contributed by atoms with E-state index in [-0.39, 0.29) is 0 Å². The van der Waals surface area contributed by atoms with Crippen LogP contribution in [0, 0.1) is 5.92 Å². The summed E-state index contributed by atoms with van der Waals surface area (Å²) in [5.41, 5.74) is 2.25. The molecule has 0 spiro atoms. The SMILES string of the molecule is c1cc(NCC2CC2)cc(-n2cnnc2)c1. The van der Waals surface area contributed by atoms with Crippen LogP contribution in [-0.4, -0.2) is 21.3 Å². The van der Waals surface area contributed by atoms with Gasteiger partial charge in [-0.2, -0.15) is 0 Å². The Bertz CT molecular complexity index is 460. The number of nitrogens with one attached hydrogen (secondary N) is 1. The molecule has 0 aliphatic heterocycles. The van der Waals surface area contributed by atoms with Crippen LogP contribution in [0.4, 0.5) is 5.69 Å². The summed E-state index contributed by atoms with van der Waals surface area (Å²) in [4.78, 5) is 0. The van der Waals surface area contributed by atoms with Crippen LogP contribution >= 0.6 is 0 Å². The molecule has 1 fully saturated rings. The van der Waals surface area contributed by atoms with Gasteiger partial charge in [-0.15, -0.1) is 10.2 Å². The van der Waals surface area contributed by atoms with Crippen molar-refractivity contribution in [1.82, 2.24) is 14.8 Å². The molecule has 0 amide bonds. The maximum absolute atomic E-state index is 3.80. The molecule has 1 saturated carbocycles. The molecule has 1 aromatic carbocycles.